The first-order valence-electron chi connectivity index (χ1n) is 15.5. The molecule has 224 valence electrons. The van der Waals surface area contributed by atoms with Crippen molar-refractivity contribution >= 4 is 35.0 Å². The Morgan fingerprint density at radius 1 is 0.386 bits per heavy atom. The molecule has 0 radical (unpaired) electrons. The first-order valence-corrected chi connectivity index (χ1v) is 15.5. The molecule has 0 spiro atoms. The van der Waals surface area contributed by atoms with Gasteiger partial charge in [-0.2, -0.15) is 0 Å². The second kappa shape index (κ2) is 9.46. The van der Waals surface area contributed by atoms with Crippen molar-refractivity contribution in [2.45, 2.75) is 83.1 Å². The minimum absolute atomic E-state index is 1.02. The van der Waals surface area contributed by atoms with Crippen molar-refractivity contribution in [1.82, 2.24) is 19.9 Å². The van der Waals surface area contributed by atoms with Crippen molar-refractivity contribution in [3.05, 3.63) is 111 Å². The first-order chi connectivity index (χ1) is 20.8. The number of hydrogen-bond donors (Lipinski definition) is 4. The minimum Gasteiger partial charge on any atom is -0.353 e. The van der Waals surface area contributed by atoms with Gasteiger partial charge in [-0.3, -0.25) is 0 Å². The first kappa shape index (κ1) is 28.2. The zero-order chi connectivity index (χ0) is 31.5. The quantitative estimate of drug-likeness (QED) is 0.216. The van der Waals surface area contributed by atoms with Crippen molar-refractivity contribution in [3.63, 3.8) is 0 Å². The summed E-state index contributed by atoms with van der Waals surface area (Å²) in [4.78, 5) is 25.7. The lowest BCUT2D eigenvalue weighted by atomic mass is 10.0. The van der Waals surface area contributed by atoms with E-state index in [1.165, 1.54) is 66.8 Å². The number of fused-ring (bicyclic) bond motifs is 12. The largest absolute Gasteiger partial charge is 0.353 e. The summed E-state index contributed by atoms with van der Waals surface area (Å²) in [5, 5.41) is 4.37. The smallest absolute Gasteiger partial charge is 0.0908 e. The Balaban J connectivity index is 1.64. The molecule has 0 saturated carbocycles. The second-order valence-electron chi connectivity index (χ2n) is 13.1. The fourth-order valence-corrected chi connectivity index (χ4v) is 6.90. The van der Waals surface area contributed by atoms with Gasteiger partial charge in [-0.1, -0.05) is 0 Å². The monoisotopic (exact) mass is 582 g/mol. The van der Waals surface area contributed by atoms with Gasteiger partial charge < -0.3 is 19.9 Å². The van der Waals surface area contributed by atoms with Gasteiger partial charge in [0.25, 0.3) is 0 Å². The van der Waals surface area contributed by atoms with E-state index in [2.05, 4.69) is 115 Å². The van der Waals surface area contributed by atoms with E-state index in [0.717, 1.165) is 67.0 Å². The van der Waals surface area contributed by atoms with E-state index in [0.29, 0.717) is 0 Å². The number of nitrogens with zero attached hydrogens (tertiary/aromatic N) is 2. The van der Waals surface area contributed by atoms with Gasteiger partial charge in [0.2, 0.25) is 0 Å². The zero-order valence-electron chi connectivity index (χ0n) is 28.0. The lowest BCUT2D eigenvalue weighted by Crippen LogP contribution is -2.14. The molecule has 0 aromatic carbocycles. The van der Waals surface area contributed by atoms with Crippen LogP contribution in [-0.2, 0) is 0 Å². The van der Waals surface area contributed by atoms with E-state index in [4.69, 9.17) is 9.98 Å². The number of nitrogens with one attached hydrogen (secondary N) is 4. The topological polar surface area (TPSA) is 87.9 Å². The molecule has 12 bridgehead atoms. The predicted octanol–water partition coefficient (Wildman–Crippen LogP) is 5.33. The third kappa shape index (κ3) is 3.73. The van der Waals surface area contributed by atoms with Crippen LogP contribution in [0.2, 0.25) is 0 Å². The van der Waals surface area contributed by atoms with Crippen LogP contribution in [0.25, 0.3) is 23.5 Å². The number of H-pyrrole nitrogens is 4. The summed E-state index contributed by atoms with van der Waals surface area (Å²) in [5.41, 5.74) is 23.1. The third-order valence-electron chi connectivity index (χ3n) is 10.9. The maximum absolute atomic E-state index is 5.30. The van der Waals surface area contributed by atoms with Crippen LogP contribution < -0.4 is 21.4 Å². The van der Waals surface area contributed by atoms with E-state index < -0.39 is 0 Å². The summed E-state index contributed by atoms with van der Waals surface area (Å²) >= 11 is 0. The summed E-state index contributed by atoms with van der Waals surface area (Å²) in [6.07, 6.45) is 4.50. The number of aromatic nitrogens is 4. The fourth-order valence-electron chi connectivity index (χ4n) is 6.90. The van der Waals surface area contributed by atoms with Gasteiger partial charge in [-0.05, 0) is 162 Å². The molecule has 0 unspecified atom stereocenters. The Hall–Kier alpha value is -4.58. The van der Waals surface area contributed by atoms with Crippen molar-refractivity contribution in [2.75, 3.05) is 0 Å². The molecule has 0 aliphatic carbocycles. The van der Waals surface area contributed by atoms with Crippen molar-refractivity contribution in [1.29, 1.82) is 0 Å². The maximum atomic E-state index is 5.30. The van der Waals surface area contributed by atoms with Crippen LogP contribution in [0.15, 0.2) is 32.3 Å². The molecule has 44 heavy (non-hydrogen) atoms. The van der Waals surface area contributed by atoms with Crippen molar-refractivity contribution in [2.24, 2.45) is 9.98 Å². The molecule has 4 aromatic rings. The second-order valence-corrected chi connectivity index (χ2v) is 13.1. The molecular formula is C38H42N6. The molecule has 6 nitrogen and oxygen atoms in total. The summed E-state index contributed by atoms with van der Waals surface area (Å²) in [5.74, 6) is 0. The number of allylic oxidation sites excluding steroid dienone is 2. The normalized spacial score (nSPS) is 16.1. The van der Waals surface area contributed by atoms with Crippen molar-refractivity contribution in [3.8, 4) is 0 Å². The molecule has 7 heterocycles. The van der Waals surface area contributed by atoms with E-state index >= 15 is 0 Å². The molecular weight excluding hydrogens is 540 g/mol. The van der Waals surface area contributed by atoms with Crippen LogP contribution in [0, 0.1) is 55.4 Å². The Morgan fingerprint density at radius 3 is 1.11 bits per heavy atom. The zero-order valence-corrected chi connectivity index (χ0v) is 28.0. The third-order valence-corrected chi connectivity index (χ3v) is 10.9. The highest BCUT2D eigenvalue weighted by Crippen LogP contribution is 2.32. The Bertz CT molecular complexity index is 2210. The van der Waals surface area contributed by atoms with Crippen LogP contribution in [-0.4, -0.2) is 31.4 Å². The van der Waals surface area contributed by atoms with Gasteiger partial charge in [-0.25, -0.2) is 9.98 Å². The van der Waals surface area contributed by atoms with E-state index in [9.17, 15) is 0 Å². The SMILES string of the molecule is CC1=C(C)C2=c3[nH]c(c(C)c3C)=Cc3[nH]c(c(C)c3C)C3=NC(=c4[nH]c(c(C)c4C)=Cc4[nH]c(c(C)c4C)C1=N2)C(C)=C3C. The number of hydrogen-bond acceptors (Lipinski definition) is 2. The van der Waals surface area contributed by atoms with Crippen molar-refractivity contribution < 1.29 is 0 Å². The highest BCUT2D eigenvalue weighted by molar-refractivity contribution is 6.19. The molecule has 4 aromatic heterocycles. The number of aliphatic imine (C=N–C) groups is 2. The fraction of sp³-hybridized carbons (Fsp3) is 0.316. The molecule has 7 rings (SSSR count). The molecule has 3 aliphatic heterocycles. The molecule has 0 atom stereocenters. The number of rotatable bonds is 0. The summed E-state index contributed by atoms with van der Waals surface area (Å²) in [6.45, 7) is 26.3. The average molecular weight is 583 g/mol. The van der Waals surface area contributed by atoms with Gasteiger partial charge in [-0.15, -0.1) is 0 Å². The molecule has 0 amide bonds. The Labute approximate surface area is 258 Å². The Kier molecular flexibility index (Phi) is 6.06. The highest BCUT2D eigenvalue weighted by Gasteiger charge is 2.26. The van der Waals surface area contributed by atoms with Gasteiger partial charge in [0.1, 0.15) is 0 Å². The molecule has 4 N–H and O–H groups in total. The predicted molar refractivity (Wildman–Crippen MR) is 183 cm³/mol. The van der Waals surface area contributed by atoms with Crippen LogP contribution in [0.3, 0.4) is 0 Å². The lowest BCUT2D eigenvalue weighted by Gasteiger charge is -2.02. The van der Waals surface area contributed by atoms with E-state index in [-0.39, 0.29) is 0 Å². The molecule has 0 fully saturated rings. The summed E-state index contributed by atoms with van der Waals surface area (Å²) in [6, 6.07) is 0. The number of aromatic amines is 4. The molecule has 6 heteroatoms. The van der Waals surface area contributed by atoms with Crippen LogP contribution in [0.1, 0.15) is 95.0 Å². The van der Waals surface area contributed by atoms with Gasteiger partial charge >= 0.3 is 0 Å². The van der Waals surface area contributed by atoms with Crippen LogP contribution >= 0.6 is 0 Å². The molecule has 3 aliphatic rings. The maximum Gasteiger partial charge on any atom is 0.0908 e. The summed E-state index contributed by atoms with van der Waals surface area (Å²) < 4.78 is 0. The van der Waals surface area contributed by atoms with E-state index in [1.54, 1.807) is 0 Å². The van der Waals surface area contributed by atoms with Gasteiger partial charge in [0, 0.05) is 22.1 Å². The minimum atomic E-state index is 1.02. The van der Waals surface area contributed by atoms with Crippen LogP contribution in [0.5, 0.6) is 0 Å². The molecule has 0 saturated heterocycles. The standard InChI is InChI=1S/C38H42N6/c1-15-19(5)31-35-23(9)24(10)36(43-35)33-21(7)17(3)29(41-33)14-30-18(4)22(8)34(42-30)38-26(12)25(11)37(44-38)32-20(6)16(2)28(40-32)13-27(15)39-31/h13-14,39-42H,1-12H3. The average Bonchev–Trinajstić information content (AvgIpc) is 3.77. The summed E-state index contributed by atoms with van der Waals surface area (Å²) in [7, 11) is 0. The van der Waals surface area contributed by atoms with Crippen LogP contribution in [0.4, 0.5) is 0 Å². The lowest BCUT2D eigenvalue weighted by molar-refractivity contribution is 1.20. The Morgan fingerprint density at radius 2 is 0.750 bits per heavy atom. The van der Waals surface area contributed by atoms with E-state index in [1.807, 2.05) is 0 Å². The van der Waals surface area contributed by atoms with Gasteiger partial charge in [0.15, 0.2) is 0 Å². The van der Waals surface area contributed by atoms with Gasteiger partial charge in [0.05, 0.1) is 44.9 Å². The highest BCUT2D eigenvalue weighted by atomic mass is 14.9.